The minimum atomic E-state index is -0.288. The van der Waals surface area contributed by atoms with Crippen LogP contribution in [-0.4, -0.2) is 63.8 Å². The number of carbonyl (C=O) groups excluding carboxylic acids is 1. The number of amides is 1. The molecule has 10 nitrogen and oxygen atoms in total. The van der Waals surface area contributed by atoms with E-state index in [9.17, 15) is 4.79 Å². The Morgan fingerprint density at radius 2 is 2.23 bits per heavy atom. The summed E-state index contributed by atoms with van der Waals surface area (Å²) < 4.78 is 12.7. The van der Waals surface area contributed by atoms with Gasteiger partial charge >= 0.3 is 0 Å². The molecule has 1 aliphatic heterocycles. The van der Waals surface area contributed by atoms with Crippen molar-refractivity contribution >= 4 is 5.91 Å². The van der Waals surface area contributed by atoms with Gasteiger partial charge in [-0.2, -0.15) is 0 Å². The monoisotopic (exact) mass is 423 g/mol. The molecular weight excluding hydrogens is 398 g/mol. The zero-order chi connectivity index (χ0) is 21.6. The van der Waals surface area contributed by atoms with Crippen molar-refractivity contribution in [3.8, 4) is 17.1 Å². The Balaban J connectivity index is 1.44. The van der Waals surface area contributed by atoms with Gasteiger partial charge in [-0.3, -0.25) is 4.79 Å². The lowest BCUT2D eigenvalue weighted by Crippen LogP contribution is -2.40. The molecule has 3 heterocycles. The average molecular weight is 423 g/mol. The number of methoxy groups -OCH3 is 1. The van der Waals surface area contributed by atoms with Crippen molar-refractivity contribution < 1.29 is 14.3 Å². The number of carbonyl (C=O) groups is 1. The summed E-state index contributed by atoms with van der Waals surface area (Å²) in [7, 11) is 1.61. The van der Waals surface area contributed by atoms with Gasteiger partial charge in [-0.05, 0) is 30.7 Å². The van der Waals surface area contributed by atoms with Crippen molar-refractivity contribution in [2.45, 2.75) is 26.1 Å². The van der Waals surface area contributed by atoms with Gasteiger partial charge in [0.15, 0.2) is 0 Å². The zero-order valence-electron chi connectivity index (χ0n) is 17.5. The standard InChI is InChI=1S/C21H25N7O3/c1-14-24-18(20-13-28(27-26-20)12-17-11-22-6-7-31-17)9-19(25-14)21(29)23-10-15-4-3-5-16(8-15)30-2/h3-5,8-9,13,17,22H,6-7,10-12H2,1-2H3,(H,23,29). The van der Waals surface area contributed by atoms with E-state index in [1.807, 2.05) is 24.3 Å². The summed E-state index contributed by atoms with van der Waals surface area (Å²) >= 11 is 0. The molecule has 0 bridgehead atoms. The van der Waals surface area contributed by atoms with E-state index >= 15 is 0 Å². The highest BCUT2D eigenvalue weighted by molar-refractivity contribution is 5.93. The summed E-state index contributed by atoms with van der Waals surface area (Å²) in [6, 6.07) is 9.16. The van der Waals surface area contributed by atoms with Crippen LogP contribution in [0.1, 0.15) is 21.9 Å². The largest absolute Gasteiger partial charge is 0.497 e. The van der Waals surface area contributed by atoms with Crippen LogP contribution in [0.25, 0.3) is 11.4 Å². The number of benzene rings is 1. The van der Waals surface area contributed by atoms with Gasteiger partial charge in [0.2, 0.25) is 0 Å². The van der Waals surface area contributed by atoms with Crippen molar-refractivity contribution in [2.24, 2.45) is 0 Å². The molecule has 0 radical (unpaired) electrons. The van der Waals surface area contributed by atoms with Crippen LogP contribution in [0.2, 0.25) is 0 Å². The number of hydrogen-bond acceptors (Lipinski definition) is 8. The Morgan fingerprint density at radius 3 is 3.03 bits per heavy atom. The van der Waals surface area contributed by atoms with Crippen LogP contribution in [0.4, 0.5) is 0 Å². The lowest BCUT2D eigenvalue weighted by Gasteiger charge is -2.23. The predicted molar refractivity (Wildman–Crippen MR) is 113 cm³/mol. The van der Waals surface area contributed by atoms with E-state index in [0.29, 0.717) is 36.9 Å². The highest BCUT2D eigenvalue weighted by Crippen LogP contribution is 2.16. The maximum Gasteiger partial charge on any atom is 0.270 e. The van der Waals surface area contributed by atoms with E-state index in [-0.39, 0.29) is 17.7 Å². The SMILES string of the molecule is COc1cccc(CNC(=O)c2cc(-c3cn(CC4CNCCO4)nn3)nc(C)n2)c1. The van der Waals surface area contributed by atoms with E-state index in [1.54, 1.807) is 31.0 Å². The summed E-state index contributed by atoms with van der Waals surface area (Å²) in [6.45, 7) is 5.03. The van der Waals surface area contributed by atoms with Gasteiger partial charge in [0.1, 0.15) is 23.0 Å². The maximum atomic E-state index is 12.7. The zero-order valence-corrected chi connectivity index (χ0v) is 17.5. The van der Waals surface area contributed by atoms with E-state index in [1.165, 1.54) is 0 Å². The predicted octanol–water partition coefficient (Wildman–Crippen LogP) is 0.971. The second-order valence-electron chi connectivity index (χ2n) is 7.24. The van der Waals surface area contributed by atoms with Crippen LogP contribution < -0.4 is 15.4 Å². The van der Waals surface area contributed by atoms with E-state index in [4.69, 9.17) is 9.47 Å². The smallest absolute Gasteiger partial charge is 0.270 e. The van der Waals surface area contributed by atoms with Crippen molar-refractivity contribution in [1.29, 1.82) is 0 Å². The number of nitrogens with zero attached hydrogens (tertiary/aromatic N) is 5. The molecule has 1 unspecified atom stereocenters. The van der Waals surface area contributed by atoms with Gasteiger partial charge in [-0.25, -0.2) is 14.6 Å². The Morgan fingerprint density at radius 1 is 1.32 bits per heavy atom. The molecule has 1 aliphatic rings. The lowest BCUT2D eigenvalue weighted by molar-refractivity contribution is 0.0158. The first kappa shape index (κ1) is 20.9. The molecule has 1 fully saturated rings. The van der Waals surface area contributed by atoms with Gasteiger partial charge in [-0.15, -0.1) is 5.10 Å². The fraction of sp³-hybridized carbons (Fsp3) is 0.381. The molecule has 162 valence electrons. The fourth-order valence-electron chi connectivity index (χ4n) is 3.32. The van der Waals surface area contributed by atoms with E-state index in [2.05, 4.69) is 30.9 Å². The topological polar surface area (TPSA) is 116 Å². The van der Waals surface area contributed by atoms with Gasteiger partial charge in [0.25, 0.3) is 5.91 Å². The minimum absolute atomic E-state index is 0.0494. The van der Waals surface area contributed by atoms with Gasteiger partial charge in [0, 0.05) is 19.6 Å². The third-order valence-corrected chi connectivity index (χ3v) is 4.85. The van der Waals surface area contributed by atoms with Crippen molar-refractivity contribution in [3.63, 3.8) is 0 Å². The average Bonchev–Trinajstić information content (AvgIpc) is 3.26. The van der Waals surface area contributed by atoms with Gasteiger partial charge < -0.3 is 20.1 Å². The molecule has 2 N–H and O–H groups in total. The summed E-state index contributed by atoms with van der Waals surface area (Å²) in [5.74, 6) is 0.937. The Hall–Kier alpha value is -3.37. The van der Waals surface area contributed by atoms with Crippen LogP contribution >= 0.6 is 0 Å². The van der Waals surface area contributed by atoms with Crippen LogP contribution in [0.15, 0.2) is 36.5 Å². The first-order valence-electron chi connectivity index (χ1n) is 10.1. The van der Waals surface area contributed by atoms with Crippen LogP contribution in [0.3, 0.4) is 0 Å². The maximum absolute atomic E-state index is 12.7. The highest BCUT2D eigenvalue weighted by atomic mass is 16.5. The summed E-state index contributed by atoms with van der Waals surface area (Å²) in [5, 5.41) is 14.6. The third-order valence-electron chi connectivity index (χ3n) is 4.85. The second kappa shape index (κ2) is 9.63. The van der Waals surface area contributed by atoms with Gasteiger partial charge in [-0.1, -0.05) is 17.3 Å². The minimum Gasteiger partial charge on any atom is -0.497 e. The number of aryl methyl sites for hydroxylation is 1. The molecule has 10 heteroatoms. The second-order valence-corrected chi connectivity index (χ2v) is 7.24. The number of hydrogen-bond donors (Lipinski definition) is 2. The summed E-state index contributed by atoms with van der Waals surface area (Å²) in [5.41, 5.74) is 2.34. The summed E-state index contributed by atoms with van der Waals surface area (Å²) in [4.78, 5) is 21.4. The molecule has 2 aromatic heterocycles. The fourth-order valence-corrected chi connectivity index (χ4v) is 3.32. The first-order chi connectivity index (χ1) is 15.1. The molecule has 0 spiro atoms. The molecule has 0 saturated carbocycles. The molecular formula is C21H25N7O3. The van der Waals surface area contributed by atoms with Crippen LogP contribution in [0, 0.1) is 6.92 Å². The first-order valence-corrected chi connectivity index (χ1v) is 10.1. The van der Waals surface area contributed by atoms with Crippen molar-refractivity contribution in [1.82, 2.24) is 35.6 Å². The Bertz CT molecular complexity index is 1050. The van der Waals surface area contributed by atoms with Gasteiger partial charge in [0.05, 0.1) is 38.3 Å². The molecule has 3 aromatic rings. The third kappa shape index (κ3) is 5.41. The number of morpholine rings is 1. The number of nitrogens with one attached hydrogen (secondary N) is 2. The van der Waals surface area contributed by atoms with Crippen molar-refractivity contribution in [2.75, 3.05) is 26.8 Å². The quantitative estimate of drug-likeness (QED) is 0.578. The molecule has 1 amide bonds. The van der Waals surface area contributed by atoms with Crippen LogP contribution in [-0.2, 0) is 17.8 Å². The summed E-state index contributed by atoms with van der Waals surface area (Å²) in [6.07, 6.45) is 1.85. The van der Waals surface area contributed by atoms with Crippen LogP contribution in [0.5, 0.6) is 5.75 Å². The highest BCUT2D eigenvalue weighted by Gasteiger charge is 2.17. The van der Waals surface area contributed by atoms with E-state index in [0.717, 1.165) is 24.4 Å². The number of ether oxygens (including phenoxy) is 2. The molecule has 1 saturated heterocycles. The number of rotatable bonds is 7. The number of aromatic nitrogens is 5. The molecule has 1 aromatic carbocycles. The molecule has 4 rings (SSSR count). The van der Waals surface area contributed by atoms with Crippen molar-refractivity contribution in [3.05, 3.63) is 53.6 Å². The normalized spacial score (nSPS) is 16.1. The molecule has 31 heavy (non-hydrogen) atoms. The lowest BCUT2D eigenvalue weighted by atomic mass is 10.2. The molecule has 1 atom stereocenters. The Kier molecular flexibility index (Phi) is 6.48. The Labute approximate surface area is 180 Å². The van der Waals surface area contributed by atoms with E-state index < -0.39 is 0 Å². The molecule has 0 aliphatic carbocycles.